The van der Waals surface area contributed by atoms with Gasteiger partial charge >= 0.3 is 0 Å². The van der Waals surface area contributed by atoms with Gasteiger partial charge in [0.15, 0.2) is 5.76 Å². The third-order valence-electron chi connectivity index (χ3n) is 4.62. The Balaban J connectivity index is 1.57. The summed E-state index contributed by atoms with van der Waals surface area (Å²) in [5, 5.41) is 14.4. The number of hydrogen-bond acceptors (Lipinski definition) is 4. The van der Waals surface area contributed by atoms with Crippen LogP contribution in [0, 0.1) is 5.82 Å². The van der Waals surface area contributed by atoms with Gasteiger partial charge in [0, 0.05) is 9.86 Å². The number of aromatic nitrogens is 4. The van der Waals surface area contributed by atoms with Crippen LogP contribution in [0.5, 0.6) is 0 Å². The van der Waals surface area contributed by atoms with Crippen molar-refractivity contribution in [2.75, 3.05) is 0 Å². The fourth-order valence-electron chi connectivity index (χ4n) is 3.14. The van der Waals surface area contributed by atoms with E-state index in [0.29, 0.717) is 40.5 Å². The standard InChI is InChI=1S/C20H18BrFN4O/c1-11(2)15-6-4-12(7-16(15)21)3-5-13-9-18-14(8-17(13)22)10-19(27-18)20-23-25-26-24-20/h4,6-11H,3,5H2,1-2H3,(H,23,24,25,26). The van der Waals surface area contributed by atoms with Crippen LogP contribution in [0.1, 0.15) is 36.5 Å². The fraction of sp³-hybridized carbons (Fsp3) is 0.250. The second-order valence-corrected chi connectivity index (χ2v) is 7.69. The van der Waals surface area contributed by atoms with Crippen molar-refractivity contribution in [2.24, 2.45) is 0 Å². The van der Waals surface area contributed by atoms with Gasteiger partial charge in [-0.05, 0) is 64.9 Å². The lowest BCUT2D eigenvalue weighted by Gasteiger charge is -2.10. The summed E-state index contributed by atoms with van der Waals surface area (Å²) in [4.78, 5) is 0. The zero-order chi connectivity index (χ0) is 19.0. The summed E-state index contributed by atoms with van der Waals surface area (Å²) in [5.74, 6) is 1.04. The summed E-state index contributed by atoms with van der Waals surface area (Å²) in [7, 11) is 0. The van der Waals surface area contributed by atoms with Crippen LogP contribution in [0.3, 0.4) is 0 Å². The number of hydrogen-bond donors (Lipinski definition) is 1. The topological polar surface area (TPSA) is 67.6 Å². The first kappa shape index (κ1) is 17.9. The highest BCUT2D eigenvalue weighted by Crippen LogP contribution is 2.29. The van der Waals surface area contributed by atoms with Crippen molar-refractivity contribution in [3.8, 4) is 11.6 Å². The summed E-state index contributed by atoms with van der Waals surface area (Å²) in [6.45, 7) is 4.33. The van der Waals surface area contributed by atoms with Crippen LogP contribution in [0.15, 0.2) is 45.3 Å². The van der Waals surface area contributed by atoms with E-state index in [-0.39, 0.29) is 5.82 Å². The van der Waals surface area contributed by atoms with Crippen molar-refractivity contribution in [1.82, 2.24) is 20.6 Å². The molecule has 2 heterocycles. The molecular weight excluding hydrogens is 411 g/mol. The van der Waals surface area contributed by atoms with Crippen LogP contribution in [0.2, 0.25) is 0 Å². The van der Waals surface area contributed by atoms with E-state index in [1.165, 1.54) is 11.6 Å². The van der Waals surface area contributed by atoms with E-state index >= 15 is 0 Å². The Hall–Kier alpha value is -2.54. The third kappa shape index (κ3) is 3.64. The molecule has 0 unspecified atom stereocenters. The normalized spacial score (nSPS) is 11.6. The molecule has 0 saturated heterocycles. The number of nitrogens with zero attached hydrogens (tertiary/aromatic N) is 3. The second-order valence-electron chi connectivity index (χ2n) is 6.84. The van der Waals surface area contributed by atoms with E-state index in [1.807, 2.05) is 0 Å². The Bertz CT molecular complexity index is 1090. The van der Waals surface area contributed by atoms with Crippen molar-refractivity contribution in [3.63, 3.8) is 0 Å². The summed E-state index contributed by atoms with van der Waals surface area (Å²) in [6.07, 6.45) is 1.34. The maximum absolute atomic E-state index is 14.5. The van der Waals surface area contributed by atoms with Crippen LogP contribution in [-0.2, 0) is 12.8 Å². The minimum atomic E-state index is -0.235. The maximum Gasteiger partial charge on any atom is 0.239 e. The van der Waals surface area contributed by atoms with Crippen molar-refractivity contribution in [1.29, 1.82) is 0 Å². The first-order chi connectivity index (χ1) is 13.0. The number of furan rings is 1. The molecule has 0 amide bonds. The quantitative estimate of drug-likeness (QED) is 0.460. The van der Waals surface area contributed by atoms with Crippen molar-refractivity contribution < 1.29 is 8.81 Å². The Morgan fingerprint density at radius 1 is 1.15 bits per heavy atom. The van der Waals surface area contributed by atoms with Gasteiger partial charge in [-0.1, -0.05) is 41.9 Å². The molecule has 27 heavy (non-hydrogen) atoms. The predicted molar refractivity (Wildman–Crippen MR) is 105 cm³/mol. The van der Waals surface area contributed by atoms with Crippen LogP contribution in [-0.4, -0.2) is 20.6 Å². The van der Waals surface area contributed by atoms with Crippen LogP contribution < -0.4 is 0 Å². The Morgan fingerprint density at radius 3 is 2.70 bits per heavy atom. The third-order valence-corrected chi connectivity index (χ3v) is 5.31. The van der Waals surface area contributed by atoms with Gasteiger partial charge in [-0.15, -0.1) is 10.2 Å². The van der Waals surface area contributed by atoms with Crippen molar-refractivity contribution >= 4 is 26.9 Å². The number of H-pyrrole nitrogens is 1. The van der Waals surface area contributed by atoms with Crippen LogP contribution in [0.4, 0.5) is 4.39 Å². The van der Waals surface area contributed by atoms with Crippen molar-refractivity contribution in [3.05, 3.63) is 63.4 Å². The molecule has 1 N–H and O–H groups in total. The Morgan fingerprint density at radius 2 is 2.00 bits per heavy atom. The molecule has 0 bridgehead atoms. The first-order valence-electron chi connectivity index (χ1n) is 8.75. The highest BCUT2D eigenvalue weighted by Gasteiger charge is 2.14. The molecule has 2 aromatic carbocycles. The molecule has 7 heteroatoms. The first-order valence-corrected chi connectivity index (χ1v) is 9.54. The van der Waals surface area contributed by atoms with Gasteiger partial charge in [-0.3, -0.25) is 0 Å². The Labute approximate surface area is 164 Å². The van der Waals surface area contributed by atoms with Crippen LogP contribution >= 0.6 is 15.9 Å². The van der Waals surface area contributed by atoms with Gasteiger partial charge in [0.05, 0.1) is 0 Å². The molecule has 4 rings (SSSR count). The number of nitrogens with one attached hydrogen (secondary N) is 1. The largest absolute Gasteiger partial charge is 0.453 e. The molecule has 0 fully saturated rings. The molecule has 0 radical (unpaired) electrons. The number of halogens is 2. The number of benzene rings is 2. The van der Waals surface area contributed by atoms with Crippen LogP contribution in [0.25, 0.3) is 22.6 Å². The van der Waals surface area contributed by atoms with E-state index < -0.39 is 0 Å². The van der Waals surface area contributed by atoms with E-state index in [2.05, 4.69) is 68.6 Å². The highest BCUT2D eigenvalue weighted by molar-refractivity contribution is 9.10. The van der Waals surface area contributed by atoms with Gasteiger partial charge < -0.3 is 4.42 Å². The lowest BCUT2D eigenvalue weighted by Crippen LogP contribution is -1.97. The number of aryl methyl sites for hydroxylation is 2. The smallest absolute Gasteiger partial charge is 0.239 e. The molecule has 0 saturated carbocycles. The molecule has 0 spiro atoms. The predicted octanol–water partition coefficient (Wildman–Crippen LogP) is 5.42. The van der Waals surface area contributed by atoms with E-state index in [9.17, 15) is 4.39 Å². The van der Waals surface area contributed by atoms with Gasteiger partial charge in [0.1, 0.15) is 11.4 Å². The zero-order valence-corrected chi connectivity index (χ0v) is 16.5. The minimum Gasteiger partial charge on any atom is -0.453 e. The highest BCUT2D eigenvalue weighted by atomic mass is 79.9. The van der Waals surface area contributed by atoms with Gasteiger partial charge in [-0.2, -0.15) is 5.21 Å². The second kappa shape index (κ2) is 7.23. The monoisotopic (exact) mass is 428 g/mol. The van der Waals surface area contributed by atoms with Gasteiger partial charge in [0.2, 0.25) is 5.82 Å². The number of aromatic amines is 1. The molecular formula is C20H18BrFN4O. The number of tetrazole rings is 1. The SMILES string of the molecule is CC(C)c1ccc(CCc2cc3oc(-c4nn[nH]n4)cc3cc2F)cc1Br. The van der Waals surface area contributed by atoms with E-state index in [0.717, 1.165) is 16.5 Å². The fourth-order valence-corrected chi connectivity index (χ4v) is 4.03. The zero-order valence-electron chi connectivity index (χ0n) is 15.0. The molecule has 4 aromatic rings. The summed E-state index contributed by atoms with van der Waals surface area (Å²) in [6, 6.07) is 11.3. The molecule has 0 aliphatic rings. The van der Waals surface area contributed by atoms with E-state index in [4.69, 9.17) is 4.42 Å². The van der Waals surface area contributed by atoms with Gasteiger partial charge in [-0.25, -0.2) is 4.39 Å². The minimum absolute atomic E-state index is 0.235. The lowest BCUT2D eigenvalue weighted by atomic mass is 9.98. The number of rotatable bonds is 5. The van der Waals surface area contributed by atoms with E-state index in [1.54, 1.807) is 12.1 Å². The average Bonchev–Trinajstić information content (AvgIpc) is 3.28. The molecule has 0 atom stereocenters. The lowest BCUT2D eigenvalue weighted by molar-refractivity contribution is 0.602. The summed E-state index contributed by atoms with van der Waals surface area (Å²) >= 11 is 3.63. The molecule has 5 nitrogen and oxygen atoms in total. The molecule has 138 valence electrons. The molecule has 0 aliphatic carbocycles. The molecule has 2 aromatic heterocycles. The van der Waals surface area contributed by atoms with Crippen molar-refractivity contribution in [2.45, 2.75) is 32.6 Å². The molecule has 0 aliphatic heterocycles. The summed E-state index contributed by atoms with van der Waals surface area (Å²) < 4.78 is 21.4. The number of fused-ring (bicyclic) bond motifs is 1. The summed E-state index contributed by atoms with van der Waals surface area (Å²) in [5.41, 5.74) is 3.68. The Kier molecular flexibility index (Phi) is 4.78. The average molecular weight is 429 g/mol. The van der Waals surface area contributed by atoms with Gasteiger partial charge in [0.25, 0.3) is 0 Å². The maximum atomic E-state index is 14.5.